The first-order valence-corrected chi connectivity index (χ1v) is 4.90. The number of allylic oxidation sites excluding steroid dienone is 1. The second kappa shape index (κ2) is 5.02. The number of rotatable bonds is 5. The highest BCUT2D eigenvalue weighted by Gasteiger charge is 2.26. The maximum absolute atomic E-state index is 11.6. The zero-order chi connectivity index (χ0) is 9.68. The molecule has 0 spiro atoms. The lowest BCUT2D eigenvalue weighted by atomic mass is 10.1. The van der Waals surface area contributed by atoms with Gasteiger partial charge in [-0.2, -0.15) is 0 Å². The molecular weight excluding hydrogens is 164 g/mol. The Bertz CT molecular complexity index is 187. The summed E-state index contributed by atoms with van der Waals surface area (Å²) in [6.07, 6.45) is 3.19. The molecule has 74 valence electrons. The molecule has 0 atom stereocenters. The van der Waals surface area contributed by atoms with Gasteiger partial charge in [-0.3, -0.25) is 4.79 Å². The van der Waals surface area contributed by atoms with E-state index in [1.165, 1.54) is 0 Å². The smallest absolute Gasteiger partial charge is 0.223 e. The fraction of sp³-hybridized carbons (Fsp3) is 0.700. The molecule has 3 nitrogen and oxygen atoms in total. The number of nitrogens with zero attached hydrogens (tertiary/aromatic N) is 1. The molecule has 0 radical (unpaired) electrons. The van der Waals surface area contributed by atoms with Crippen LogP contribution in [0.4, 0.5) is 0 Å². The van der Waals surface area contributed by atoms with Crippen LogP contribution in [-0.4, -0.2) is 36.5 Å². The summed E-state index contributed by atoms with van der Waals surface area (Å²) in [4.78, 5) is 13.6. The fourth-order valence-corrected chi connectivity index (χ4v) is 1.50. The number of hydrogen-bond donors (Lipinski definition) is 1. The number of nitrogens with one attached hydrogen (secondary N) is 1. The standard InChI is InChI=1S/C10H18N2O/c1-3-5-6-10(13)12(4-2)9-7-11-8-9/h3,9,11H,1,4-8H2,2H3. The summed E-state index contributed by atoms with van der Waals surface area (Å²) in [5, 5.41) is 3.17. The van der Waals surface area contributed by atoms with Crippen LogP contribution in [0.3, 0.4) is 0 Å². The number of amides is 1. The maximum atomic E-state index is 11.6. The van der Waals surface area contributed by atoms with Gasteiger partial charge in [0.2, 0.25) is 5.91 Å². The van der Waals surface area contributed by atoms with Gasteiger partial charge in [-0.25, -0.2) is 0 Å². The van der Waals surface area contributed by atoms with E-state index in [0.29, 0.717) is 12.5 Å². The van der Waals surface area contributed by atoms with Gasteiger partial charge in [-0.1, -0.05) is 6.08 Å². The summed E-state index contributed by atoms with van der Waals surface area (Å²) in [6.45, 7) is 8.37. The third kappa shape index (κ3) is 2.56. The highest BCUT2D eigenvalue weighted by atomic mass is 16.2. The first-order valence-electron chi connectivity index (χ1n) is 4.90. The van der Waals surface area contributed by atoms with Crippen LogP contribution in [-0.2, 0) is 4.79 Å². The number of likely N-dealkylation sites (N-methyl/N-ethyl adjacent to an activating group) is 1. The predicted octanol–water partition coefficient (Wildman–Crippen LogP) is 0.773. The number of carbonyl (C=O) groups excluding carboxylic acids is 1. The number of hydrogen-bond acceptors (Lipinski definition) is 2. The van der Waals surface area contributed by atoms with Gasteiger partial charge < -0.3 is 10.2 Å². The monoisotopic (exact) mass is 182 g/mol. The number of carbonyl (C=O) groups is 1. The molecule has 13 heavy (non-hydrogen) atoms. The van der Waals surface area contributed by atoms with Crippen molar-refractivity contribution in [2.75, 3.05) is 19.6 Å². The van der Waals surface area contributed by atoms with E-state index in [2.05, 4.69) is 11.9 Å². The Morgan fingerprint density at radius 3 is 2.77 bits per heavy atom. The van der Waals surface area contributed by atoms with Crippen LogP contribution >= 0.6 is 0 Å². The van der Waals surface area contributed by atoms with Gasteiger partial charge in [0.15, 0.2) is 0 Å². The predicted molar refractivity (Wildman–Crippen MR) is 53.5 cm³/mol. The second-order valence-electron chi connectivity index (χ2n) is 3.32. The zero-order valence-electron chi connectivity index (χ0n) is 8.25. The molecule has 0 aliphatic carbocycles. The summed E-state index contributed by atoms with van der Waals surface area (Å²) in [5.41, 5.74) is 0. The Hall–Kier alpha value is -0.830. The van der Waals surface area contributed by atoms with Gasteiger partial charge in [-0.15, -0.1) is 6.58 Å². The summed E-state index contributed by atoms with van der Waals surface area (Å²) < 4.78 is 0. The lowest BCUT2D eigenvalue weighted by molar-refractivity contribution is -0.134. The summed E-state index contributed by atoms with van der Waals surface area (Å²) >= 11 is 0. The van der Waals surface area contributed by atoms with Crippen molar-refractivity contribution >= 4 is 5.91 Å². The molecule has 0 aromatic rings. The van der Waals surface area contributed by atoms with Crippen molar-refractivity contribution < 1.29 is 4.79 Å². The van der Waals surface area contributed by atoms with Gasteiger partial charge in [0.05, 0.1) is 6.04 Å². The average molecular weight is 182 g/mol. The van der Waals surface area contributed by atoms with E-state index < -0.39 is 0 Å². The Morgan fingerprint density at radius 2 is 2.38 bits per heavy atom. The van der Waals surface area contributed by atoms with E-state index in [0.717, 1.165) is 26.1 Å². The Morgan fingerprint density at radius 1 is 1.69 bits per heavy atom. The van der Waals surface area contributed by atoms with Crippen LogP contribution in [0.25, 0.3) is 0 Å². The highest BCUT2D eigenvalue weighted by Crippen LogP contribution is 2.07. The molecule has 1 amide bonds. The molecule has 3 heteroatoms. The third-order valence-corrected chi connectivity index (χ3v) is 2.42. The average Bonchev–Trinajstić information content (AvgIpc) is 2.06. The van der Waals surface area contributed by atoms with Crippen molar-refractivity contribution in [2.45, 2.75) is 25.8 Å². The van der Waals surface area contributed by atoms with E-state index in [-0.39, 0.29) is 5.91 Å². The van der Waals surface area contributed by atoms with Gasteiger partial charge >= 0.3 is 0 Å². The van der Waals surface area contributed by atoms with Crippen LogP contribution in [0.2, 0.25) is 0 Å². The normalized spacial score (nSPS) is 16.4. The lowest BCUT2D eigenvalue weighted by Gasteiger charge is -2.37. The minimum atomic E-state index is 0.258. The second-order valence-corrected chi connectivity index (χ2v) is 3.32. The molecule has 1 heterocycles. The molecule has 0 aromatic carbocycles. The molecule has 1 N–H and O–H groups in total. The minimum absolute atomic E-state index is 0.258. The van der Waals surface area contributed by atoms with Crippen LogP contribution in [0.15, 0.2) is 12.7 Å². The molecular formula is C10H18N2O. The van der Waals surface area contributed by atoms with E-state index in [1.54, 1.807) is 6.08 Å². The van der Waals surface area contributed by atoms with Gasteiger partial charge in [0.25, 0.3) is 0 Å². The van der Waals surface area contributed by atoms with Crippen LogP contribution in [0.5, 0.6) is 0 Å². The van der Waals surface area contributed by atoms with Gasteiger partial charge in [0.1, 0.15) is 0 Å². The summed E-state index contributed by atoms with van der Waals surface area (Å²) in [6, 6.07) is 0.433. The van der Waals surface area contributed by atoms with Gasteiger partial charge in [-0.05, 0) is 13.3 Å². The molecule has 0 bridgehead atoms. The van der Waals surface area contributed by atoms with Crippen molar-refractivity contribution in [2.24, 2.45) is 0 Å². The molecule has 1 fully saturated rings. The third-order valence-electron chi connectivity index (χ3n) is 2.42. The van der Waals surface area contributed by atoms with E-state index in [4.69, 9.17) is 0 Å². The minimum Gasteiger partial charge on any atom is -0.337 e. The van der Waals surface area contributed by atoms with Crippen LogP contribution in [0, 0.1) is 0 Å². The van der Waals surface area contributed by atoms with E-state index >= 15 is 0 Å². The largest absolute Gasteiger partial charge is 0.337 e. The highest BCUT2D eigenvalue weighted by molar-refractivity contribution is 5.76. The van der Waals surface area contributed by atoms with Crippen LogP contribution < -0.4 is 5.32 Å². The molecule has 1 rings (SSSR count). The van der Waals surface area contributed by atoms with Crippen LogP contribution in [0.1, 0.15) is 19.8 Å². The lowest BCUT2D eigenvalue weighted by Crippen LogP contribution is -2.58. The zero-order valence-corrected chi connectivity index (χ0v) is 8.25. The summed E-state index contributed by atoms with van der Waals surface area (Å²) in [7, 11) is 0. The van der Waals surface area contributed by atoms with E-state index in [1.807, 2.05) is 11.8 Å². The first kappa shape index (κ1) is 10.3. The summed E-state index contributed by atoms with van der Waals surface area (Å²) in [5.74, 6) is 0.258. The molecule has 1 aliphatic heterocycles. The van der Waals surface area contributed by atoms with Crippen molar-refractivity contribution in [1.82, 2.24) is 10.2 Å². The Balaban J connectivity index is 2.35. The molecule has 1 saturated heterocycles. The topological polar surface area (TPSA) is 32.3 Å². The Labute approximate surface area is 79.8 Å². The van der Waals surface area contributed by atoms with Crippen molar-refractivity contribution in [3.63, 3.8) is 0 Å². The quantitative estimate of drug-likeness (QED) is 0.637. The van der Waals surface area contributed by atoms with Crippen molar-refractivity contribution in [1.29, 1.82) is 0 Å². The fourth-order valence-electron chi connectivity index (χ4n) is 1.50. The molecule has 0 unspecified atom stereocenters. The maximum Gasteiger partial charge on any atom is 0.223 e. The molecule has 0 saturated carbocycles. The van der Waals surface area contributed by atoms with E-state index in [9.17, 15) is 4.79 Å². The van der Waals surface area contributed by atoms with Crippen molar-refractivity contribution in [3.05, 3.63) is 12.7 Å². The Kier molecular flexibility index (Phi) is 3.96. The first-order chi connectivity index (χ1) is 6.29. The van der Waals surface area contributed by atoms with Crippen molar-refractivity contribution in [3.8, 4) is 0 Å². The molecule has 1 aliphatic rings. The molecule has 0 aromatic heterocycles. The SMILES string of the molecule is C=CCCC(=O)N(CC)C1CNC1. The van der Waals surface area contributed by atoms with Gasteiger partial charge in [0, 0.05) is 26.1 Å².